The zero-order chi connectivity index (χ0) is 13.8. The molecule has 0 unspecified atom stereocenters. The molecule has 2 aromatic rings. The first-order chi connectivity index (χ1) is 9.13. The molecular weight excluding hydrogens is 240 g/mol. The van der Waals surface area contributed by atoms with Crippen LogP contribution in [0.5, 0.6) is 5.75 Å². The van der Waals surface area contributed by atoms with E-state index in [0.717, 1.165) is 17.0 Å². The van der Waals surface area contributed by atoms with E-state index in [1.165, 1.54) is 6.33 Å². The van der Waals surface area contributed by atoms with Crippen LogP contribution in [0, 0.1) is 0 Å². The van der Waals surface area contributed by atoms with Gasteiger partial charge in [-0.3, -0.25) is 4.79 Å². The quantitative estimate of drug-likeness (QED) is 0.917. The largest absolute Gasteiger partial charge is 0.494 e. The molecule has 1 N–H and O–H groups in total. The van der Waals surface area contributed by atoms with E-state index >= 15 is 0 Å². The molecule has 2 rings (SSSR count). The van der Waals surface area contributed by atoms with Crippen molar-refractivity contribution in [1.82, 2.24) is 9.97 Å². The van der Waals surface area contributed by atoms with Crippen molar-refractivity contribution in [2.24, 2.45) is 0 Å². The van der Waals surface area contributed by atoms with Crippen LogP contribution in [0.25, 0.3) is 11.3 Å². The third kappa shape index (κ3) is 2.84. The lowest BCUT2D eigenvalue weighted by atomic mass is 9.98. The summed E-state index contributed by atoms with van der Waals surface area (Å²) in [4.78, 5) is 18.8. The highest BCUT2D eigenvalue weighted by Gasteiger charge is 2.13. The van der Waals surface area contributed by atoms with E-state index in [9.17, 15) is 4.79 Å². The molecule has 0 aliphatic rings. The number of ether oxygens (including phenoxy) is 1. The van der Waals surface area contributed by atoms with Gasteiger partial charge in [0.05, 0.1) is 18.6 Å². The average Bonchev–Trinajstić information content (AvgIpc) is 2.39. The summed E-state index contributed by atoms with van der Waals surface area (Å²) in [6.07, 6.45) is 1.44. The van der Waals surface area contributed by atoms with Gasteiger partial charge in [0.25, 0.3) is 5.56 Å². The number of rotatable bonds is 4. The van der Waals surface area contributed by atoms with Crippen molar-refractivity contribution in [2.75, 3.05) is 6.61 Å². The van der Waals surface area contributed by atoms with Crippen LogP contribution in [0.1, 0.15) is 32.3 Å². The van der Waals surface area contributed by atoms with Crippen LogP contribution in [-0.4, -0.2) is 16.6 Å². The maximum atomic E-state index is 11.9. The number of nitrogens with zero attached hydrogens (tertiary/aromatic N) is 1. The van der Waals surface area contributed by atoms with Crippen LogP contribution >= 0.6 is 0 Å². The molecule has 4 heteroatoms. The molecule has 0 radical (unpaired) electrons. The first kappa shape index (κ1) is 13.3. The van der Waals surface area contributed by atoms with Crippen LogP contribution in [0.3, 0.4) is 0 Å². The Morgan fingerprint density at radius 1 is 1.26 bits per heavy atom. The monoisotopic (exact) mass is 258 g/mol. The van der Waals surface area contributed by atoms with E-state index in [2.05, 4.69) is 9.97 Å². The van der Waals surface area contributed by atoms with E-state index in [1.54, 1.807) is 0 Å². The minimum Gasteiger partial charge on any atom is -0.494 e. The van der Waals surface area contributed by atoms with Gasteiger partial charge in [-0.05, 0) is 37.1 Å². The molecule has 0 saturated heterocycles. The predicted molar refractivity (Wildman–Crippen MR) is 75.6 cm³/mol. The smallest absolute Gasteiger partial charge is 0.254 e. The summed E-state index contributed by atoms with van der Waals surface area (Å²) in [5, 5.41) is 0. The van der Waals surface area contributed by atoms with Crippen LogP contribution in [0.2, 0.25) is 0 Å². The molecule has 0 bridgehead atoms. The Bertz CT molecular complexity index is 600. The molecule has 0 amide bonds. The Morgan fingerprint density at radius 2 is 1.95 bits per heavy atom. The molecule has 0 fully saturated rings. The number of aromatic nitrogens is 2. The van der Waals surface area contributed by atoms with Gasteiger partial charge in [0, 0.05) is 11.1 Å². The van der Waals surface area contributed by atoms with Gasteiger partial charge < -0.3 is 9.72 Å². The lowest BCUT2D eigenvalue weighted by Gasteiger charge is -2.11. The fraction of sp³-hybridized carbons (Fsp3) is 0.333. The van der Waals surface area contributed by atoms with Gasteiger partial charge in [-0.25, -0.2) is 4.98 Å². The standard InChI is InChI=1S/C15H18N2O2/c1-4-19-12-7-5-11(6-8-12)14-13(10(2)3)15(18)17-9-16-14/h5-10H,4H2,1-3H3,(H,16,17,18). The van der Waals surface area contributed by atoms with E-state index in [1.807, 2.05) is 45.0 Å². The van der Waals surface area contributed by atoms with E-state index in [4.69, 9.17) is 4.74 Å². The summed E-state index contributed by atoms with van der Waals surface area (Å²) in [7, 11) is 0. The summed E-state index contributed by atoms with van der Waals surface area (Å²) >= 11 is 0. The first-order valence-corrected chi connectivity index (χ1v) is 6.44. The molecule has 1 aromatic carbocycles. The zero-order valence-corrected chi connectivity index (χ0v) is 11.4. The molecule has 1 heterocycles. The maximum absolute atomic E-state index is 11.9. The van der Waals surface area contributed by atoms with Crippen molar-refractivity contribution in [3.8, 4) is 17.0 Å². The molecule has 4 nitrogen and oxygen atoms in total. The third-order valence-corrected chi connectivity index (χ3v) is 2.91. The van der Waals surface area contributed by atoms with Crippen molar-refractivity contribution >= 4 is 0 Å². The summed E-state index contributed by atoms with van der Waals surface area (Å²) < 4.78 is 5.41. The Labute approximate surface area is 112 Å². The fourth-order valence-electron chi connectivity index (χ4n) is 2.05. The predicted octanol–water partition coefficient (Wildman–Crippen LogP) is 2.96. The molecule has 0 aliphatic heterocycles. The number of benzene rings is 1. The lowest BCUT2D eigenvalue weighted by Crippen LogP contribution is -2.16. The van der Waals surface area contributed by atoms with Gasteiger partial charge in [0.1, 0.15) is 5.75 Å². The van der Waals surface area contributed by atoms with E-state index in [-0.39, 0.29) is 11.5 Å². The van der Waals surface area contributed by atoms with Crippen molar-refractivity contribution in [1.29, 1.82) is 0 Å². The number of H-pyrrole nitrogens is 1. The number of hydrogen-bond acceptors (Lipinski definition) is 3. The molecule has 100 valence electrons. The Balaban J connectivity index is 2.47. The minimum absolute atomic E-state index is 0.0751. The molecule has 0 aliphatic carbocycles. The van der Waals surface area contributed by atoms with Crippen LogP contribution < -0.4 is 10.3 Å². The summed E-state index contributed by atoms with van der Waals surface area (Å²) in [5.74, 6) is 0.946. The highest BCUT2D eigenvalue weighted by molar-refractivity contribution is 5.63. The van der Waals surface area contributed by atoms with Gasteiger partial charge in [0.2, 0.25) is 0 Å². The lowest BCUT2D eigenvalue weighted by molar-refractivity contribution is 0.340. The summed E-state index contributed by atoms with van der Waals surface area (Å²) in [6.45, 7) is 6.57. The zero-order valence-electron chi connectivity index (χ0n) is 11.4. The summed E-state index contributed by atoms with van der Waals surface area (Å²) in [5.41, 5.74) is 2.31. The topological polar surface area (TPSA) is 55.0 Å². The number of nitrogens with one attached hydrogen (secondary N) is 1. The summed E-state index contributed by atoms with van der Waals surface area (Å²) in [6, 6.07) is 7.65. The molecule has 1 aromatic heterocycles. The SMILES string of the molecule is CCOc1ccc(-c2nc[nH]c(=O)c2C(C)C)cc1. The van der Waals surface area contributed by atoms with Crippen molar-refractivity contribution in [2.45, 2.75) is 26.7 Å². The highest BCUT2D eigenvalue weighted by Crippen LogP contribution is 2.25. The molecule has 0 saturated carbocycles. The van der Waals surface area contributed by atoms with E-state index < -0.39 is 0 Å². The van der Waals surface area contributed by atoms with Gasteiger partial charge in [-0.2, -0.15) is 0 Å². The second-order valence-corrected chi connectivity index (χ2v) is 4.61. The molecular formula is C15H18N2O2. The second-order valence-electron chi connectivity index (χ2n) is 4.61. The van der Waals surface area contributed by atoms with Crippen LogP contribution in [0.4, 0.5) is 0 Å². The highest BCUT2D eigenvalue weighted by atomic mass is 16.5. The van der Waals surface area contributed by atoms with Gasteiger partial charge >= 0.3 is 0 Å². The third-order valence-electron chi connectivity index (χ3n) is 2.91. The Kier molecular flexibility index (Phi) is 4.00. The van der Waals surface area contributed by atoms with Gasteiger partial charge in [0.15, 0.2) is 0 Å². The Hall–Kier alpha value is -2.10. The normalized spacial score (nSPS) is 10.7. The van der Waals surface area contributed by atoms with Gasteiger partial charge in [-0.1, -0.05) is 13.8 Å². The average molecular weight is 258 g/mol. The van der Waals surface area contributed by atoms with Gasteiger partial charge in [-0.15, -0.1) is 0 Å². The fourth-order valence-corrected chi connectivity index (χ4v) is 2.05. The molecule has 0 spiro atoms. The maximum Gasteiger partial charge on any atom is 0.254 e. The first-order valence-electron chi connectivity index (χ1n) is 6.44. The number of aromatic amines is 1. The molecule has 0 atom stereocenters. The Morgan fingerprint density at radius 3 is 2.53 bits per heavy atom. The van der Waals surface area contributed by atoms with Crippen molar-refractivity contribution < 1.29 is 4.74 Å². The molecule has 19 heavy (non-hydrogen) atoms. The van der Waals surface area contributed by atoms with E-state index in [0.29, 0.717) is 12.2 Å². The second kappa shape index (κ2) is 5.69. The number of hydrogen-bond donors (Lipinski definition) is 1. The van der Waals surface area contributed by atoms with Crippen molar-refractivity contribution in [3.63, 3.8) is 0 Å². The minimum atomic E-state index is -0.0751. The van der Waals surface area contributed by atoms with Crippen molar-refractivity contribution in [3.05, 3.63) is 46.5 Å². The van der Waals surface area contributed by atoms with Crippen LogP contribution in [-0.2, 0) is 0 Å². The van der Waals surface area contributed by atoms with Crippen LogP contribution in [0.15, 0.2) is 35.4 Å².